The second-order valence-electron chi connectivity index (χ2n) is 17.6. The number of halogens is 3. The highest BCUT2D eigenvalue weighted by Gasteiger charge is 2.49. The number of likely N-dealkylation sites (N-methyl/N-ethyl adjacent to an activating group) is 1. The van der Waals surface area contributed by atoms with E-state index >= 15 is 8.78 Å². The van der Waals surface area contributed by atoms with E-state index in [1.807, 2.05) is 6.07 Å². The fourth-order valence-corrected chi connectivity index (χ4v) is 15.4. The Bertz CT molecular complexity index is 2140. The molecular formula is C44H57F3N6OSi. The lowest BCUT2D eigenvalue weighted by molar-refractivity contribution is 0.0738. The lowest BCUT2D eigenvalue weighted by Gasteiger charge is -2.47. The molecule has 1 saturated carbocycles. The molecule has 7 nitrogen and oxygen atoms in total. The van der Waals surface area contributed by atoms with Crippen molar-refractivity contribution in [2.45, 2.75) is 114 Å². The van der Waals surface area contributed by atoms with Crippen LogP contribution in [0.2, 0.25) is 16.6 Å². The molecule has 3 fully saturated rings. The van der Waals surface area contributed by atoms with Gasteiger partial charge in [0.2, 0.25) is 0 Å². The number of nitrogen functional groups attached to an aromatic ring is 1. The van der Waals surface area contributed by atoms with E-state index in [0.717, 1.165) is 38.6 Å². The zero-order valence-electron chi connectivity index (χ0n) is 33.8. The van der Waals surface area contributed by atoms with Crippen LogP contribution >= 0.6 is 0 Å². The van der Waals surface area contributed by atoms with Crippen LogP contribution in [0.5, 0.6) is 6.01 Å². The molecule has 0 radical (unpaired) electrons. The number of hydrogen-bond acceptors (Lipinski definition) is 7. The van der Waals surface area contributed by atoms with Crippen LogP contribution in [0.4, 0.5) is 24.7 Å². The molecule has 0 amide bonds. The van der Waals surface area contributed by atoms with Gasteiger partial charge in [-0.1, -0.05) is 59.6 Å². The summed E-state index contributed by atoms with van der Waals surface area (Å²) in [6.07, 6.45) is 4.52. The number of hydrogen-bond donors (Lipinski definition) is 2. The molecule has 2 aliphatic heterocycles. The van der Waals surface area contributed by atoms with E-state index < -0.39 is 31.4 Å². The molecule has 1 aromatic heterocycles. The van der Waals surface area contributed by atoms with Gasteiger partial charge in [0.1, 0.15) is 38.0 Å². The third kappa shape index (κ3) is 6.86. The minimum absolute atomic E-state index is 0.0366. The van der Waals surface area contributed by atoms with Crippen LogP contribution in [-0.4, -0.2) is 85.4 Å². The molecule has 0 unspecified atom stereocenters. The summed E-state index contributed by atoms with van der Waals surface area (Å²) in [6.45, 7) is 15.4. The standard InChI is InChI=1S/C44H57F3N6OSi/c1-27(2)55(28(3)4,29(5)6)20-15-34-37(46)14-11-30-21-32(48)22-36(38(30)34)33-12-13-35-40(39(33)47)50-42(51-41(35)49-25-43(52(7)8)16-9-17-43)54-26-44-18-10-19-53(44)24-31(45)23-44/h11-14,21-22,27-29,31H,9-10,16-19,23-26,48H2,1-8H3,(H,49,50,51)/t31-,44+/m1/s1. The Morgan fingerprint density at radius 2 is 1.71 bits per heavy atom. The van der Waals surface area contributed by atoms with E-state index in [1.54, 1.807) is 24.3 Å². The van der Waals surface area contributed by atoms with Crippen molar-refractivity contribution in [1.29, 1.82) is 0 Å². The van der Waals surface area contributed by atoms with Gasteiger partial charge in [0.05, 0.1) is 11.1 Å². The number of ether oxygens (including phenoxy) is 1. The Kier molecular flexibility index (Phi) is 10.7. The number of nitrogens with one attached hydrogen (secondary N) is 1. The maximum absolute atomic E-state index is 17.4. The van der Waals surface area contributed by atoms with Crippen LogP contribution in [0.25, 0.3) is 32.8 Å². The molecule has 3 aliphatic rings. The fraction of sp³-hybridized carbons (Fsp3) is 0.545. The smallest absolute Gasteiger partial charge is 0.319 e. The molecule has 3 aromatic carbocycles. The quantitative estimate of drug-likeness (QED) is 0.0894. The fourth-order valence-electron chi connectivity index (χ4n) is 10.2. The Labute approximate surface area is 325 Å². The first-order valence-electron chi connectivity index (χ1n) is 20.1. The summed E-state index contributed by atoms with van der Waals surface area (Å²) in [6, 6.07) is 10.2. The van der Waals surface area contributed by atoms with Crippen molar-refractivity contribution in [1.82, 2.24) is 19.8 Å². The molecule has 0 spiro atoms. The van der Waals surface area contributed by atoms with Crippen molar-refractivity contribution in [2.75, 3.05) is 51.4 Å². The molecule has 3 N–H and O–H groups in total. The molecule has 294 valence electrons. The normalized spacial score (nSPS) is 21.1. The summed E-state index contributed by atoms with van der Waals surface area (Å²) in [5, 5.41) is 5.24. The van der Waals surface area contributed by atoms with Gasteiger partial charge in [-0.25, -0.2) is 13.2 Å². The number of rotatable bonds is 11. The Hall–Kier alpha value is -3.85. The number of anilines is 2. The Morgan fingerprint density at radius 1 is 0.982 bits per heavy atom. The maximum Gasteiger partial charge on any atom is 0.319 e. The predicted octanol–water partition coefficient (Wildman–Crippen LogP) is 9.73. The number of benzene rings is 3. The highest BCUT2D eigenvalue weighted by atomic mass is 28.3. The van der Waals surface area contributed by atoms with Crippen LogP contribution in [0.3, 0.4) is 0 Å². The van der Waals surface area contributed by atoms with Gasteiger partial charge in [0.15, 0.2) is 5.82 Å². The zero-order valence-corrected chi connectivity index (χ0v) is 34.8. The third-order valence-corrected chi connectivity index (χ3v) is 19.8. The van der Waals surface area contributed by atoms with Gasteiger partial charge < -0.3 is 20.7 Å². The van der Waals surface area contributed by atoms with Gasteiger partial charge in [0, 0.05) is 47.1 Å². The second-order valence-corrected chi connectivity index (χ2v) is 23.2. The molecule has 7 rings (SSSR count). The highest BCUT2D eigenvalue weighted by molar-refractivity contribution is 6.90. The topological polar surface area (TPSA) is 79.5 Å². The van der Waals surface area contributed by atoms with Crippen molar-refractivity contribution in [3.05, 3.63) is 53.6 Å². The lowest BCUT2D eigenvalue weighted by Crippen LogP contribution is -2.54. The first-order valence-corrected chi connectivity index (χ1v) is 22.3. The number of aromatic nitrogens is 2. The van der Waals surface area contributed by atoms with Crippen LogP contribution in [0.1, 0.15) is 85.6 Å². The van der Waals surface area contributed by atoms with Crippen LogP contribution in [-0.2, 0) is 0 Å². The Morgan fingerprint density at radius 3 is 2.36 bits per heavy atom. The maximum atomic E-state index is 17.4. The minimum atomic E-state index is -2.24. The lowest BCUT2D eigenvalue weighted by atomic mass is 9.75. The monoisotopic (exact) mass is 770 g/mol. The number of nitrogens with two attached hydrogens (primary N) is 1. The third-order valence-electron chi connectivity index (χ3n) is 13.5. The molecule has 3 heterocycles. The predicted molar refractivity (Wildman–Crippen MR) is 222 cm³/mol. The van der Waals surface area contributed by atoms with Crippen molar-refractivity contribution in [2.24, 2.45) is 0 Å². The summed E-state index contributed by atoms with van der Waals surface area (Å²) in [5.74, 6) is 2.77. The molecule has 4 aromatic rings. The zero-order chi connectivity index (χ0) is 39.4. The van der Waals surface area contributed by atoms with Gasteiger partial charge in [-0.2, -0.15) is 9.97 Å². The van der Waals surface area contributed by atoms with Gasteiger partial charge in [0.25, 0.3) is 0 Å². The van der Waals surface area contributed by atoms with Crippen LogP contribution < -0.4 is 15.8 Å². The molecule has 1 aliphatic carbocycles. The summed E-state index contributed by atoms with van der Waals surface area (Å²) in [4.78, 5) is 13.9. The summed E-state index contributed by atoms with van der Waals surface area (Å²) in [7, 11) is 1.93. The van der Waals surface area contributed by atoms with E-state index in [-0.39, 0.29) is 34.8 Å². The van der Waals surface area contributed by atoms with Crippen molar-refractivity contribution >= 4 is 41.3 Å². The van der Waals surface area contributed by atoms with E-state index in [9.17, 15) is 4.39 Å². The molecule has 2 atom stereocenters. The van der Waals surface area contributed by atoms with Gasteiger partial charge in [-0.3, -0.25) is 4.90 Å². The van der Waals surface area contributed by atoms with Crippen molar-refractivity contribution in [3.8, 4) is 28.6 Å². The van der Waals surface area contributed by atoms with Crippen LogP contribution in [0.15, 0.2) is 36.4 Å². The van der Waals surface area contributed by atoms with Crippen molar-refractivity contribution < 1.29 is 17.9 Å². The second kappa shape index (κ2) is 14.9. The number of nitrogens with zero attached hydrogens (tertiary/aromatic N) is 4. The summed E-state index contributed by atoms with van der Waals surface area (Å²) in [5.41, 5.74) is 12.2. The Balaban J connectivity index is 1.38. The van der Waals surface area contributed by atoms with Gasteiger partial charge in [-0.05, 0) is 105 Å². The van der Waals surface area contributed by atoms with Gasteiger partial charge >= 0.3 is 6.01 Å². The average Bonchev–Trinajstić information content (AvgIpc) is 3.63. The van der Waals surface area contributed by atoms with Crippen molar-refractivity contribution in [3.63, 3.8) is 0 Å². The van der Waals surface area contributed by atoms with Crippen LogP contribution in [0, 0.1) is 23.1 Å². The largest absolute Gasteiger partial charge is 0.461 e. The number of alkyl halides is 1. The van der Waals surface area contributed by atoms with E-state index in [4.69, 9.17) is 20.4 Å². The number of fused-ring (bicyclic) bond motifs is 3. The highest BCUT2D eigenvalue weighted by Crippen LogP contribution is 2.44. The molecular weight excluding hydrogens is 714 g/mol. The van der Waals surface area contributed by atoms with E-state index in [2.05, 4.69) is 82.2 Å². The molecule has 11 heteroatoms. The molecule has 2 saturated heterocycles. The van der Waals surface area contributed by atoms with E-state index in [1.165, 1.54) is 6.07 Å². The molecule has 0 bridgehead atoms. The summed E-state index contributed by atoms with van der Waals surface area (Å²) < 4.78 is 54.4. The summed E-state index contributed by atoms with van der Waals surface area (Å²) >= 11 is 0. The van der Waals surface area contributed by atoms with Gasteiger partial charge in [-0.15, -0.1) is 5.54 Å². The molecule has 55 heavy (non-hydrogen) atoms. The first-order chi connectivity index (χ1) is 26.1. The first kappa shape index (κ1) is 39.4. The van der Waals surface area contributed by atoms with E-state index in [0.29, 0.717) is 69.4 Å². The SMILES string of the molecule is CC(C)[Si](C#Cc1c(F)ccc2cc(N)cc(-c3ccc4c(NCC5(N(C)C)CCC5)nc(OC[C@@]56CCCN5C[C@H](F)C6)nc4c3F)c12)(C(C)C)C(C)C. The average molecular weight is 771 g/mol. The minimum Gasteiger partial charge on any atom is -0.461 e.